The van der Waals surface area contributed by atoms with Crippen molar-refractivity contribution < 1.29 is 9.59 Å². The summed E-state index contributed by atoms with van der Waals surface area (Å²) in [5.41, 5.74) is 4.00. The second-order valence-corrected chi connectivity index (χ2v) is 12.2. The van der Waals surface area contributed by atoms with Crippen molar-refractivity contribution in [2.24, 2.45) is 23.7 Å². The smallest absolute Gasteiger partial charge is 0.234 e. The molecule has 180 valence electrons. The maximum Gasteiger partial charge on any atom is 0.234 e. The summed E-state index contributed by atoms with van der Waals surface area (Å²) in [6.07, 6.45) is 6.55. The number of amides is 1. The molecule has 5 atom stereocenters. The van der Waals surface area contributed by atoms with Gasteiger partial charge >= 0.3 is 0 Å². The van der Waals surface area contributed by atoms with Gasteiger partial charge < -0.3 is 10.2 Å². The maximum atomic E-state index is 13.1. The van der Waals surface area contributed by atoms with Crippen molar-refractivity contribution >= 4 is 33.3 Å². The van der Waals surface area contributed by atoms with E-state index in [1.807, 2.05) is 0 Å². The summed E-state index contributed by atoms with van der Waals surface area (Å²) >= 11 is 3.82. The largest absolute Gasteiger partial charge is 0.369 e. The summed E-state index contributed by atoms with van der Waals surface area (Å²) in [4.78, 5) is 31.4. The molecule has 0 radical (unpaired) electrons. The molecule has 5 unspecified atom stereocenters. The molecule has 5 rings (SSSR count). The van der Waals surface area contributed by atoms with Gasteiger partial charge in [-0.05, 0) is 81.4 Å². The normalized spacial score (nSPS) is 32.5. The zero-order valence-electron chi connectivity index (χ0n) is 20.1. The van der Waals surface area contributed by atoms with Crippen molar-refractivity contribution in [3.8, 4) is 0 Å². The minimum Gasteiger partial charge on any atom is -0.369 e. The average Bonchev–Trinajstić information content (AvgIpc) is 3.59. The van der Waals surface area contributed by atoms with Crippen molar-refractivity contribution in [1.82, 2.24) is 10.2 Å². The molecule has 3 saturated carbocycles. The van der Waals surface area contributed by atoms with E-state index in [1.165, 1.54) is 29.7 Å². The molecule has 1 aromatic carbocycles. The fourth-order valence-corrected chi connectivity index (χ4v) is 7.25. The van der Waals surface area contributed by atoms with Gasteiger partial charge in [-0.1, -0.05) is 28.1 Å². The Kier molecular flexibility index (Phi) is 6.86. The lowest BCUT2D eigenvalue weighted by atomic mass is 9.80. The first-order valence-electron chi connectivity index (χ1n) is 12.9. The Labute approximate surface area is 206 Å². The molecule has 1 aromatic rings. The highest BCUT2D eigenvalue weighted by atomic mass is 79.9. The van der Waals surface area contributed by atoms with Gasteiger partial charge in [-0.3, -0.25) is 14.5 Å². The van der Waals surface area contributed by atoms with Crippen molar-refractivity contribution in [3.05, 3.63) is 29.3 Å². The predicted molar refractivity (Wildman–Crippen MR) is 136 cm³/mol. The van der Waals surface area contributed by atoms with Gasteiger partial charge in [-0.15, -0.1) is 0 Å². The van der Waals surface area contributed by atoms with E-state index in [0.29, 0.717) is 29.0 Å². The van der Waals surface area contributed by atoms with Gasteiger partial charge in [0.25, 0.3) is 0 Å². The molecule has 1 aliphatic heterocycles. The Balaban J connectivity index is 1.18. The lowest BCUT2D eigenvalue weighted by molar-refractivity contribution is -0.126. The van der Waals surface area contributed by atoms with Crippen LogP contribution in [-0.4, -0.2) is 60.2 Å². The number of ketones is 1. The minimum absolute atomic E-state index is 0.0344. The number of nitrogens with one attached hydrogen (secondary N) is 1. The number of alkyl halides is 1. The summed E-state index contributed by atoms with van der Waals surface area (Å²) in [7, 11) is 0. The van der Waals surface area contributed by atoms with Gasteiger partial charge in [-0.25, -0.2) is 0 Å². The van der Waals surface area contributed by atoms with Crippen molar-refractivity contribution in [2.45, 2.75) is 63.2 Å². The molecular weight excluding hydrogens is 478 g/mol. The van der Waals surface area contributed by atoms with E-state index < -0.39 is 0 Å². The van der Waals surface area contributed by atoms with Gasteiger partial charge in [-0.2, -0.15) is 0 Å². The number of rotatable bonds is 6. The molecule has 1 saturated heterocycles. The van der Waals surface area contributed by atoms with Gasteiger partial charge in [0.1, 0.15) is 5.78 Å². The van der Waals surface area contributed by atoms with Crippen molar-refractivity contribution in [3.63, 3.8) is 0 Å². The molecule has 0 spiro atoms. The summed E-state index contributed by atoms with van der Waals surface area (Å²) in [5, 5.41) is 3.38. The van der Waals surface area contributed by atoms with Crippen LogP contribution in [0.5, 0.6) is 0 Å². The quantitative estimate of drug-likeness (QED) is 0.579. The number of halogens is 1. The zero-order chi connectivity index (χ0) is 23.1. The lowest BCUT2D eigenvalue weighted by Gasteiger charge is -2.37. The number of Topliss-reactive ketones (excluding diaryl/α,β-unsaturated/α-hetero) is 1. The summed E-state index contributed by atoms with van der Waals surface area (Å²) in [6.45, 7) is 8.48. The Bertz CT molecular complexity index is 893. The Morgan fingerprint density at radius 1 is 1.03 bits per heavy atom. The number of anilines is 1. The second kappa shape index (κ2) is 9.69. The molecular formula is C27H38BrN3O2. The van der Waals surface area contributed by atoms with E-state index in [2.05, 4.69) is 63.1 Å². The summed E-state index contributed by atoms with van der Waals surface area (Å²) in [5.74, 6) is 1.88. The van der Waals surface area contributed by atoms with Crippen molar-refractivity contribution in [2.75, 3.05) is 37.6 Å². The number of piperazine rings is 1. The monoisotopic (exact) mass is 515 g/mol. The van der Waals surface area contributed by atoms with Crippen LogP contribution in [0.15, 0.2) is 18.2 Å². The number of hydrogen-bond acceptors (Lipinski definition) is 4. The molecule has 0 aromatic heterocycles. The first-order chi connectivity index (χ1) is 15.9. The molecule has 6 heteroatoms. The van der Waals surface area contributed by atoms with E-state index in [9.17, 15) is 9.59 Å². The van der Waals surface area contributed by atoms with E-state index in [-0.39, 0.29) is 23.8 Å². The third kappa shape index (κ3) is 5.02. The number of benzene rings is 1. The van der Waals surface area contributed by atoms with E-state index in [4.69, 9.17) is 0 Å². The molecule has 5 nitrogen and oxygen atoms in total. The first-order valence-corrected chi connectivity index (χ1v) is 13.8. The van der Waals surface area contributed by atoms with Crippen LogP contribution >= 0.6 is 15.9 Å². The fourth-order valence-electron chi connectivity index (χ4n) is 6.55. The number of hydrogen-bond donors (Lipinski definition) is 1. The average molecular weight is 517 g/mol. The van der Waals surface area contributed by atoms with E-state index in [0.717, 1.165) is 51.9 Å². The third-order valence-corrected chi connectivity index (χ3v) is 9.60. The zero-order valence-corrected chi connectivity index (χ0v) is 21.6. The lowest BCUT2D eigenvalue weighted by Crippen LogP contribution is -2.52. The van der Waals surface area contributed by atoms with Crippen LogP contribution in [0.25, 0.3) is 0 Å². The summed E-state index contributed by atoms with van der Waals surface area (Å²) < 4.78 is 0. The fraction of sp³-hybridized carbons (Fsp3) is 0.704. The standard InChI is InChI=1S/C27H38BrN3O2/c1-17-4-3-5-24(18(17)2)31-12-10-30(11-13-31)16-25(32)29-26-22-15-21(28)9-8-20(22)14-23(26)27(33)19-6-7-19/h3-5,19-23,26H,6-16H2,1-2H3,(H,29,32). The number of nitrogens with zero attached hydrogens (tertiary/aromatic N) is 2. The van der Waals surface area contributed by atoms with Crippen LogP contribution in [0.2, 0.25) is 0 Å². The number of fused-ring (bicyclic) bond motifs is 1. The second-order valence-electron chi connectivity index (χ2n) is 10.9. The van der Waals surface area contributed by atoms with Crippen LogP contribution in [0.3, 0.4) is 0 Å². The van der Waals surface area contributed by atoms with Gasteiger partial charge in [0.15, 0.2) is 0 Å². The molecule has 33 heavy (non-hydrogen) atoms. The molecule has 4 aliphatic rings. The minimum atomic E-state index is 0.0344. The van der Waals surface area contributed by atoms with Gasteiger partial charge in [0.2, 0.25) is 5.91 Å². The Morgan fingerprint density at radius 3 is 2.52 bits per heavy atom. The third-order valence-electron chi connectivity index (χ3n) is 8.76. The number of aryl methyl sites for hydroxylation is 1. The van der Waals surface area contributed by atoms with Crippen LogP contribution in [0, 0.1) is 37.5 Å². The first kappa shape index (κ1) is 23.3. The highest BCUT2D eigenvalue weighted by Gasteiger charge is 2.51. The molecule has 1 heterocycles. The maximum absolute atomic E-state index is 13.1. The van der Waals surface area contributed by atoms with Crippen molar-refractivity contribution in [1.29, 1.82) is 0 Å². The Morgan fingerprint density at radius 2 is 1.79 bits per heavy atom. The molecule has 3 aliphatic carbocycles. The van der Waals surface area contributed by atoms with E-state index in [1.54, 1.807) is 0 Å². The van der Waals surface area contributed by atoms with Crippen LogP contribution < -0.4 is 10.2 Å². The number of carbonyl (C=O) groups is 2. The van der Waals surface area contributed by atoms with Gasteiger partial charge in [0.05, 0.1) is 6.54 Å². The highest BCUT2D eigenvalue weighted by Crippen LogP contribution is 2.49. The molecule has 4 fully saturated rings. The molecule has 0 bridgehead atoms. The van der Waals surface area contributed by atoms with Crippen LogP contribution in [0.1, 0.15) is 49.7 Å². The van der Waals surface area contributed by atoms with Crippen LogP contribution in [-0.2, 0) is 9.59 Å². The highest BCUT2D eigenvalue weighted by molar-refractivity contribution is 9.09. The molecule has 1 amide bonds. The van der Waals surface area contributed by atoms with Gasteiger partial charge in [0, 0.05) is 54.6 Å². The SMILES string of the molecule is Cc1cccc(N2CCN(CC(=O)NC3C(C(=O)C4CC4)CC4CCC(Br)CC43)CC2)c1C. The van der Waals surface area contributed by atoms with Crippen LogP contribution in [0.4, 0.5) is 5.69 Å². The summed E-state index contributed by atoms with van der Waals surface area (Å²) in [6, 6.07) is 6.54. The Hall–Kier alpha value is -1.40. The predicted octanol–water partition coefficient (Wildman–Crippen LogP) is 4.09. The topological polar surface area (TPSA) is 52.6 Å². The van der Waals surface area contributed by atoms with E-state index >= 15 is 0 Å². The number of carbonyl (C=O) groups excluding carboxylic acids is 2. The molecule has 1 N–H and O–H groups in total.